The lowest BCUT2D eigenvalue weighted by molar-refractivity contribution is 0.661. The summed E-state index contributed by atoms with van der Waals surface area (Å²) in [6, 6.07) is 18.1. The quantitative estimate of drug-likeness (QED) is 0.426. The molecular weight excluding hydrogens is 270 g/mol. The summed E-state index contributed by atoms with van der Waals surface area (Å²) >= 11 is 0. The molecule has 22 heavy (non-hydrogen) atoms. The second kappa shape index (κ2) is 8.98. The van der Waals surface area contributed by atoms with Crippen molar-refractivity contribution in [3.05, 3.63) is 54.6 Å². The Bertz CT molecular complexity index is 561. The Morgan fingerprint density at radius 3 is 2.05 bits per heavy atom. The number of nitrogens with zero attached hydrogens (tertiary/aromatic N) is 3. The molecule has 0 radical (unpaired) electrons. The van der Waals surface area contributed by atoms with Crippen LogP contribution in [0, 0.1) is 0 Å². The molecule has 0 aromatic heterocycles. The summed E-state index contributed by atoms with van der Waals surface area (Å²) in [4.78, 5) is 2.30. The van der Waals surface area contributed by atoms with E-state index in [-0.39, 0.29) is 0 Å². The van der Waals surface area contributed by atoms with Gasteiger partial charge in [0.15, 0.2) is 0 Å². The monoisotopic (exact) mass is 295 g/mol. The molecule has 0 spiro atoms. The summed E-state index contributed by atoms with van der Waals surface area (Å²) in [5.74, 6) is 0. The van der Waals surface area contributed by atoms with E-state index < -0.39 is 0 Å². The van der Waals surface area contributed by atoms with Crippen LogP contribution in [0.25, 0.3) is 0 Å². The maximum absolute atomic E-state index is 4.27. The number of benzene rings is 2. The molecule has 0 heterocycles. The highest BCUT2D eigenvalue weighted by atomic mass is 15.1. The molecule has 3 heteroatoms. The van der Waals surface area contributed by atoms with Crippen LogP contribution in [0.4, 0.5) is 17.1 Å². The second-order valence-electron chi connectivity index (χ2n) is 5.53. The molecule has 0 atom stereocenters. The third kappa shape index (κ3) is 5.32. The van der Waals surface area contributed by atoms with E-state index in [0.29, 0.717) is 0 Å². The van der Waals surface area contributed by atoms with E-state index in [0.717, 1.165) is 17.9 Å². The van der Waals surface area contributed by atoms with Gasteiger partial charge in [0, 0.05) is 19.3 Å². The van der Waals surface area contributed by atoms with Crippen LogP contribution in [-0.4, -0.2) is 13.6 Å². The van der Waals surface area contributed by atoms with Gasteiger partial charge in [-0.2, -0.15) is 10.2 Å². The average molecular weight is 295 g/mol. The van der Waals surface area contributed by atoms with E-state index in [9.17, 15) is 0 Å². The molecule has 0 saturated heterocycles. The number of rotatable bonds is 8. The van der Waals surface area contributed by atoms with Gasteiger partial charge in [-0.25, -0.2) is 0 Å². The van der Waals surface area contributed by atoms with Crippen molar-refractivity contribution in [3.63, 3.8) is 0 Å². The van der Waals surface area contributed by atoms with Crippen LogP contribution < -0.4 is 4.90 Å². The number of hydrogen-bond acceptors (Lipinski definition) is 3. The van der Waals surface area contributed by atoms with Crippen molar-refractivity contribution >= 4 is 17.1 Å². The third-order valence-corrected chi connectivity index (χ3v) is 3.67. The molecule has 2 rings (SSSR count). The minimum absolute atomic E-state index is 0.875. The maximum Gasteiger partial charge on any atom is 0.0858 e. The fourth-order valence-electron chi connectivity index (χ4n) is 2.29. The van der Waals surface area contributed by atoms with E-state index in [4.69, 9.17) is 0 Å². The van der Waals surface area contributed by atoms with Gasteiger partial charge in [0.25, 0.3) is 0 Å². The Kier molecular flexibility index (Phi) is 6.62. The highest BCUT2D eigenvalue weighted by Gasteiger charge is 2.00. The van der Waals surface area contributed by atoms with Gasteiger partial charge in [0.05, 0.1) is 11.4 Å². The van der Waals surface area contributed by atoms with Gasteiger partial charge in [-0.1, -0.05) is 44.4 Å². The van der Waals surface area contributed by atoms with Crippen LogP contribution in [-0.2, 0) is 0 Å². The normalized spacial score (nSPS) is 11.0. The van der Waals surface area contributed by atoms with Gasteiger partial charge in [-0.3, -0.25) is 0 Å². The van der Waals surface area contributed by atoms with Crippen molar-refractivity contribution in [2.24, 2.45) is 10.2 Å². The van der Waals surface area contributed by atoms with Crippen LogP contribution in [0.5, 0.6) is 0 Å². The molecule has 0 aliphatic heterocycles. The minimum atomic E-state index is 0.875. The van der Waals surface area contributed by atoms with Gasteiger partial charge in [-0.05, 0) is 42.8 Å². The fourth-order valence-corrected chi connectivity index (χ4v) is 2.29. The van der Waals surface area contributed by atoms with Crippen LogP contribution in [0.2, 0.25) is 0 Å². The molecule has 2 aromatic carbocycles. The lowest BCUT2D eigenvalue weighted by Crippen LogP contribution is -2.18. The zero-order chi connectivity index (χ0) is 15.6. The van der Waals surface area contributed by atoms with Crippen LogP contribution >= 0.6 is 0 Å². The predicted octanol–water partition coefficient (Wildman–Crippen LogP) is 6.12. The number of hydrogen-bond donors (Lipinski definition) is 0. The molecule has 0 amide bonds. The van der Waals surface area contributed by atoms with Gasteiger partial charge in [0.1, 0.15) is 0 Å². The van der Waals surface area contributed by atoms with Gasteiger partial charge >= 0.3 is 0 Å². The van der Waals surface area contributed by atoms with Crippen LogP contribution in [0.1, 0.15) is 32.6 Å². The summed E-state index contributed by atoms with van der Waals surface area (Å²) in [5, 5.41) is 8.50. The lowest BCUT2D eigenvalue weighted by atomic mass is 10.2. The Balaban J connectivity index is 1.88. The molecule has 0 aliphatic rings. The first-order valence-corrected chi connectivity index (χ1v) is 8.07. The molecule has 0 fully saturated rings. The number of azo groups is 1. The fraction of sp³-hybridized carbons (Fsp3) is 0.368. The van der Waals surface area contributed by atoms with E-state index >= 15 is 0 Å². The number of anilines is 1. The molecule has 0 aliphatic carbocycles. The van der Waals surface area contributed by atoms with Crippen molar-refractivity contribution < 1.29 is 0 Å². The summed E-state index contributed by atoms with van der Waals surface area (Å²) in [5.41, 5.74) is 2.99. The first-order valence-electron chi connectivity index (χ1n) is 8.07. The van der Waals surface area contributed by atoms with Crippen molar-refractivity contribution in [1.29, 1.82) is 0 Å². The first-order chi connectivity index (χ1) is 10.8. The largest absolute Gasteiger partial charge is 0.375 e. The Morgan fingerprint density at radius 2 is 1.41 bits per heavy atom. The van der Waals surface area contributed by atoms with Gasteiger partial charge in [0.2, 0.25) is 0 Å². The lowest BCUT2D eigenvalue weighted by Gasteiger charge is -2.19. The van der Waals surface area contributed by atoms with Crippen molar-refractivity contribution in [3.8, 4) is 0 Å². The second-order valence-corrected chi connectivity index (χ2v) is 5.53. The van der Waals surface area contributed by atoms with Gasteiger partial charge < -0.3 is 4.90 Å². The summed E-state index contributed by atoms with van der Waals surface area (Å²) in [6.45, 7) is 3.34. The first kappa shape index (κ1) is 16.2. The van der Waals surface area contributed by atoms with E-state index in [1.54, 1.807) is 0 Å². The molecule has 0 unspecified atom stereocenters. The molecular formula is C19H25N3. The summed E-state index contributed by atoms with van der Waals surface area (Å²) in [7, 11) is 2.15. The highest BCUT2D eigenvalue weighted by molar-refractivity contribution is 5.52. The zero-order valence-electron chi connectivity index (χ0n) is 13.6. The topological polar surface area (TPSA) is 28.0 Å². The van der Waals surface area contributed by atoms with E-state index in [2.05, 4.69) is 41.2 Å². The Labute approximate surface area is 133 Å². The maximum atomic E-state index is 4.27. The van der Waals surface area contributed by atoms with E-state index in [1.807, 2.05) is 42.5 Å². The van der Waals surface area contributed by atoms with Crippen molar-refractivity contribution in [1.82, 2.24) is 0 Å². The van der Waals surface area contributed by atoms with Crippen LogP contribution in [0.3, 0.4) is 0 Å². The Morgan fingerprint density at radius 1 is 0.773 bits per heavy atom. The number of unbranched alkanes of at least 4 members (excludes halogenated alkanes) is 3. The molecule has 2 aromatic rings. The standard InChI is InChI=1S/C19H25N3/c1-3-4-5-9-16-22(2)19-14-12-18(13-15-19)21-20-17-10-7-6-8-11-17/h6-8,10-15H,3-5,9,16H2,1-2H3/b21-20+. The van der Waals surface area contributed by atoms with Crippen LogP contribution in [0.15, 0.2) is 64.8 Å². The summed E-state index contributed by atoms with van der Waals surface area (Å²) < 4.78 is 0. The smallest absolute Gasteiger partial charge is 0.0858 e. The predicted molar refractivity (Wildman–Crippen MR) is 94.5 cm³/mol. The average Bonchev–Trinajstić information content (AvgIpc) is 2.58. The third-order valence-electron chi connectivity index (χ3n) is 3.67. The molecule has 0 bridgehead atoms. The highest BCUT2D eigenvalue weighted by Crippen LogP contribution is 2.21. The molecule has 0 N–H and O–H groups in total. The molecule has 3 nitrogen and oxygen atoms in total. The van der Waals surface area contributed by atoms with E-state index in [1.165, 1.54) is 31.4 Å². The minimum Gasteiger partial charge on any atom is -0.375 e. The van der Waals surface area contributed by atoms with Crippen molar-refractivity contribution in [2.75, 3.05) is 18.5 Å². The Hall–Kier alpha value is -2.16. The summed E-state index contributed by atoms with van der Waals surface area (Å²) in [6.07, 6.45) is 5.17. The van der Waals surface area contributed by atoms with Gasteiger partial charge in [-0.15, -0.1) is 0 Å². The molecule has 0 saturated carbocycles. The molecule has 116 valence electrons. The SMILES string of the molecule is CCCCCCN(C)c1ccc(/N=N/c2ccccc2)cc1. The van der Waals surface area contributed by atoms with Crippen molar-refractivity contribution in [2.45, 2.75) is 32.6 Å². The zero-order valence-corrected chi connectivity index (χ0v) is 13.6.